The van der Waals surface area contributed by atoms with Gasteiger partial charge in [0.25, 0.3) is 0 Å². The van der Waals surface area contributed by atoms with Gasteiger partial charge in [-0.05, 0) is 54.1 Å². The summed E-state index contributed by atoms with van der Waals surface area (Å²) in [6.07, 6.45) is 3.46. The number of amidine groups is 1. The Kier molecular flexibility index (Phi) is 6.43. The smallest absolute Gasteiger partial charge is 0.324 e. The first-order chi connectivity index (χ1) is 20.1. The monoisotopic (exact) mass is 574 g/mol. The van der Waals surface area contributed by atoms with Gasteiger partial charge in [0.15, 0.2) is 5.84 Å². The van der Waals surface area contributed by atoms with E-state index < -0.39 is 0 Å². The van der Waals surface area contributed by atoms with Crippen LogP contribution in [0.1, 0.15) is 5.56 Å². The quantitative estimate of drug-likeness (QED) is 0.121. The molecule has 0 radical (unpaired) electrons. The molecule has 4 aromatic carbocycles. The van der Waals surface area contributed by atoms with Gasteiger partial charge in [0, 0.05) is 49.2 Å². The molecule has 0 aliphatic carbocycles. The molecule has 7 aromatic rings. The minimum absolute atomic E-state index is 0.155. The molecule has 7 nitrogen and oxygen atoms in total. The molecule has 0 atom stereocenters. The maximum atomic E-state index is 6.16. The van der Waals surface area contributed by atoms with E-state index in [4.69, 9.17) is 37.6 Å². The molecule has 0 amide bonds. The second-order valence-corrected chi connectivity index (χ2v) is 10.2. The van der Waals surface area contributed by atoms with Gasteiger partial charge in [0.1, 0.15) is 12.0 Å². The number of azo groups is 1. The third-order valence-electron chi connectivity index (χ3n) is 6.71. The highest BCUT2D eigenvalue weighted by Gasteiger charge is 2.19. The average Bonchev–Trinajstić information content (AvgIpc) is 3.73. The van der Waals surface area contributed by atoms with Crippen molar-refractivity contribution in [3.63, 3.8) is 0 Å². The molecule has 0 saturated carbocycles. The van der Waals surface area contributed by atoms with Gasteiger partial charge < -0.3 is 14.4 Å². The van der Waals surface area contributed by atoms with Crippen LogP contribution < -0.4 is 0 Å². The first-order valence-corrected chi connectivity index (χ1v) is 13.5. The number of aromatic amines is 2. The van der Waals surface area contributed by atoms with Crippen molar-refractivity contribution in [2.45, 2.75) is 0 Å². The number of aromatic nitrogens is 3. The van der Waals surface area contributed by atoms with Crippen molar-refractivity contribution in [3.8, 4) is 22.5 Å². The van der Waals surface area contributed by atoms with E-state index in [9.17, 15) is 0 Å². The summed E-state index contributed by atoms with van der Waals surface area (Å²) in [5.74, 6) is 0.350. The zero-order chi connectivity index (χ0) is 27.8. The van der Waals surface area contributed by atoms with Crippen molar-refractivity contribution >= 4 is 62.5 Å². The lowest BCUT2D eigenvalue weighted by atomic mass is 10.0. The van der Waals surface area contributed by atoms with Gasteiger partial charge >= 0.3 is 6.01 Å². The molecule has 7 rings (SSSR count). The number of oxazole rings is 1. The number of rotatable bonds is 5. The number of aliphatic imine (C=N–C) groups is 1. The molecule has 3 aromatic heterocycles. The Balaban J connectivity index is 1.34. The van der Waals surface area contributed by atoms with Crippen LogP contribution in [0.4, 0.5) is 11.7 Å². The maximum absolute atomic E-state index is 6.16. The molecular weight excluding hydrogens is 555 g/mol. The topological polar surface area (TPSA) is 94.7 Å². The lowest BCUT2D eigenvalue weighted by molar-refractivity contribution is 0.570. The largest absolute Gasteiger partial charge is 0.430 e. The predicted molar refractivity (Wildman–Crippen MR) is 165 cm³/mol. The highest BCUT2D eigenvalue weighted by molar-refractivity contribution is 6.31. The van der Waals surface area contributed by atoms with E-state index in [1.807, 2.05) is 72.9 Å². The summed E-state index contributed by atoms with van der Waals surface area (Å²) >= 11 is 12.2. The lowest BCUT2D eigenvalue weighted by Gasteiger charge is -2.02. The van der Waals surface area contributed by atoms with Crippen molar-refractivity contribution in [1.82, 2.24) is 15.0 Å². The highest BCUT2D eigenvalue weighted by atomic mass is 35.5. The third kappa shape index (κ3) is 4.93. The first kappa shape index (κ1) is 25.0. The number of benzene rings is 4. The van der Waals surface area contributed by atoms with Crippen LogP contribution >= 0.6 is 23.2 Å². The number of H-pyrrole nitrogens is 2. The van der Waals surface area contributed by atoms with Crippen LogP contribution in [0.3, 0.4) is 0 Å². The van der Waals surface area contributed by atoms with Crippen LogP contribution in [-0.2, 0) is 0 Å². The third-order valence-corrected chi connectivity index (χ3v) is 7.21. The molecule has 0 saturated heterocycles. The second-order valence-electron chi connectivity index (χ2n) is 9.30. The van der Waals surface area contributed by atoms with E-state index in [0.29, 0.717) is 27.3 Å². The summed E-state index contributed by atoms with van der Waals surface area (Å²) in [6.45, 7) is 0. The van der Waals surface area contributed by atoms with E-state index >= 15 is 0 Å². The van der Waals surface area contributed by atoms with E-state index in [2.05, 4.69) is 26.3 Å². The molecule has 0 fully saturated rings. The summed E-state index contributed by atoms with van der Waals surface area (Å²) in [7, 11) is 0. The molecule has 41 heavy (non-hydrogen) atoms. The molecule has 198 valence electrons. The molecule has 0 aliphatic heterocycles. The zero-order valence-corrected chi connectivity index (χ0v) is 22.9. The fraction of sp³-hybridized carbons (Fsp3) is 0. The normalized spacial score (nSPS) is 12.2. The molecule has 0 unspecified atom stereocenters. The Bertz CT molecular complexity index is 2070. The minimum atomic E-state index is 0.155. The average molecular weight is 575 g/mol. The fourth-order valence-electron chi connectivity index (χ4n) is 4.77. The van der Waals surface area contributed by atoms with Gasteiger partial charge in [-0.2, -0.15) is 9.98 Å². The van der Waals surface area contributed by atoms with Crippen molar-refractivity contribution in [1.29, 1.82) is 0 Å². The van der Waals surface area contributed by atoms with Crippen LogP contribution in [0, 0.1) is 0 Å². The molecule has 3 heterocycles. The van der Waals surface area contributed by atoms with E-state index in [0.717, 1.165) is 44.2 Å². The Labute approximate surface area is 244 Å². The number of hydrogen-bond acceptors (Lipinski definition) is 4. The van der Waals surface area contributed by atoms with Gasteiger partial charge in [-0.3, -0.25) is 0 Å². The van der Waals surface area contributed by atoms with E-state index in [-0.39, 0.29) is 6.01 Å². The second kappa shape index (κ2) is 10.5. The Morgan fingerprint density at radius 3 is 2.22 bits per heavy atom. The number of nitrogens with zero attached hydrogens (tertiary/aromatic N) is 4. The van der Waals surface area contributed by atoms with Crippen molar-refractivity contribution in [2.24, 2.45) is 15.2 Å². The summed E-state index contributed by atoms with van der Waals surface area (Å²) in [6, 6.07) is 30.9. The van der Waals surface area contributed by atoms with E-state index in [1.54, 1.807) is 30.5 Å². The van der Waals surface area contributed by atoms with Gasteiger partial charge in [0.2, 0.25) is 0 Å². The number of fused-ring (bicyclic) bond motifs is 2. The molecule has 9 heteroatoms. The summed E-state index contributed by atoms with van der Waals surface area (Å²) in [4.78, 5) is 16.3. The lowest BCUT2D eigenvalue weighted by Crippen LogP contribution is -1.95. The number of halogens is 2. The summed E-state index contributed by atoms with van der Waals surface area (Å²) < 4.78 is 5.89. The standard InChI is InChI=1S/C32H20Cl2N6O/c33-20-11-9-19(10-12-20)30-29(24-6-2-4-8-27(24)36-30)28-18-41-32(37-28)38-31(40-39-22-15-13-21(34)14-16-22)25-17-35-26-7-3-1-5-23(25)26/h1-18,35-36H/b38-31-,40-39?. The van der Waals surface area contributed by atoms with Crippen molar-refractivity contribution in [2.75, 3.05) is 0 Å². The zero-order valence-electron chi connectivity index (χ0n) is 21.3. The summed E-state index contributed by atoms with van der Waals surface area (Å²) in [5.41, 5.74) is 6.78. The molecule has 0 aliphatic rings. The number of para-hydroxylation sites is 2. The van der Waals surface area contributed by atoms with Gasteiger partial charge in [-0.15, -0.1) is 10.2 Å². The Hall–Kier alpha value is -4.98. The molecule has 0 bridgehead atoms. The van der Waals surface area contributed by atoms with Gasteiger partial charge in [0.05, 0.1) is 11.4 Å². The molecule has 2 N–H and O–H groups in total. The predicted octanol–water partition coefficient (Wildman–Crippen LogP) is 10.1. The Morgan fingerprint density at radius 2 is 1.44 bits per heavy atom. The Morgan fingerprint density at radius 1 is 0.756 bits per heavy atom. The van der Waals surface area contributed by atoms with Crippen LogP contribution in [0.5, 0.6) is 0 Å². The maximum Gasteiger partial charge on any atom is 0.324 e. The first-order valence-electron chi connectivity index (χ1n) is 12.8. The van der Waals surface area contributed by atoms with Crippen LogP contribution in [0.25, 0.3) is 44.3 Å². The summed E-state index contributed by atoms with van der Waals surface area (Å²) in [5, 5.41) is 12.2. The van der Waals surface area contributed by atoms with Gasteiger partial charge in [-0.25, -0.2) is 0 Å². The van der Waals surface area contributed by atoms with Crippen LogP contribution in [0.2, 0.25) is 10.0 Å². The minimum Gasteiger partial charge on any atom is -0.430 e. The van der Waals surface area contributed by atoms with Gasteiger partial charge in [-0.1, -0.05) is 71.7 Å². The van der Waals surface area contributed by atoms with Crippen molar-refractivity contribution < 1.29 is 4.42 Å². The highest BCUT2D eigenvalue weighted by Crippen LogP contribution is 2.39. The molecular formula is C32H20Cl2N6O. The SMILES string of the molecule is Clc1ccc(N=N/C(=N\c2nc(-c3c(-c4ccc(Cl)cc4)[nH]c4ccccc34)co2)c2c[nH]c3ccccc23)cc1. The van der Waals surface area contributed by atoms with Crippen molar-refractivity contribution in [3.05, 3.63) is 125 Å². The van der Waals surface area contributed by atoms with E-state index in [1.165, 1.54) is 0 Å². The molecule has 0 spiro atoms. The fourth-order valence-corrected chi connectivity index (χ4v) is 5.02. The van der Waals surface area contributed by atoms with Crippen LogP contribution in [0.15, 0.2) is 129 Å². The van der Waals surface area contributed by atoms with Crippen LogP contribution in [-0.4, -0.2) is 20.8 Å². The number of hydrogen-bond donors (Lipinski definition) is 2. The number of nitrogens with one attached hydrogen (secondary N) is 2.